The summed E-state index contributed by atoms with van der Waals surface area (Å²) in [6.07, 6.45) is 5.19. The molecule has 0 bridgehead atoms. The van der Waals surface area contributed by atoms with Crippen molar-refractivity contribution >= 4 is 0 Å². The molecule has 13 heavy (non-hydrogen) atoms. The van der Waals surface area contributed by atoms with Gasteiger partial charge in [-0.2, -0.15) is 0 Å². The monoisotopic (exact) mass is 180 g/mol. The van der Waals surface area contributed by atoms with E-state index in [1.54, 1.807) is 6.20 Å². The predicted molar refractivity (Wildman–Crippen MR) is 49.0 cm³/mol. The molecule has 0 aromatic carbocycles. The molecule has 70 valence electrons. The van der Waals surface area contributed by atoms with E-state index in [0.717, 1.165) is 31.5 Å². The van der Waals surface area contributed by atoms with Crippen LogP contribution in [-0.2, 0) is 0 Å². The quantitative estimate of drug-likeness (QED) is 0.711. The van der Waals surface area contributed by atoms with Gasteiger partial charge in [-0.1, -0.05) is 0 Å². The standard InChI is InChI=1S/C10H13FN2/c11-10-3-6-13-7-9(10)8-1-4-12-5-2-8/h3,6-8,12H,1-2,4-5H2. The van der Waals surface area contributed by atoms with E-state index in [1.165, 1.54) is 12.3 Å². The van der Waals surface area contributed by atoms with E-state index in [0.29, 0.717) is 5.92 Å². The van der Waals surface area contributed by atoms with E-state index >= 15 is 0 Å². The molecule has 1 aliphatic rings. The lowest BCUT2D eigenvalue weighted by Crippen LogP contribution is -2.27. The highest BCUT2D eigenvalue weighted by atomic mass is 19.1. The third kappa shape index (κ3) is 1.86. The second kappa shape index (κ2) is 3.83. The van der Waals surface area contributed by atoms with Crippen LogP contribution in [0, 0.1) is 5.82 Å². The molecular formula is C10H13FN2. The van der Waals surface area contributed by atoms with Crippen LogP contribution in [-0.4, -0.2) is 18.1 Å². The molecule has 1 aromatic rings. The molecule has 0 saturated carbocycles. The highest BCUT2D eigenvalue weighted by molar-refractivity contribution is 5.17. The largest absolute Gasteiger partial charge is 0.317 e. The van der Waals surface area contributed by atoms with Gasteiger partial charge in [0.2, 0.25) is 0 Å². The average molecular weight is 180 g/mol. The second-order valence-electron chi connectivity index (χ2n) is 3.42. The molecule has 1 saturated heterocycles. The summed E-state index contributed by atoms with van der Waals surface area (Å²) >= 11 is 0. The molecule has 2 rings (SSSR count). The summed E-state index contributed by atoms with van der Waals surface area (Å²) in [6.45, 7) is 1.97. The molecule has 0 unspecified atom stereocenters. The molecule has 0 aliphatic carbocycles. The summed E-state index contributed by atoms with van der Waals surface area (Å²) in [7, 11) is 0. The number of aromatic nitrogens is 1. The Balaban J connectivity index is 2.18. The molecule has 2 heterocycles. The van der Waals surface area contributed by atoms with Crippen molar-refractivity contribution in [3.63, 3.8) is 0 Å². The molecule has 3 heteroatoms. The van der Waals surface area contributed by atoms with E-state index in [-0.39, 0.29) is 5.82 Å². The summed E-state index contributed by atoms with van der Waals surface area (Å²) in [4.78, 5) is 3.96. The van der Waals surface area contributed by atoms with Gasteiger partial charge in [0.1, 0.15) is 5.82 Å². The van der Waals surface area contributed by atoms with Crippen molar-refractivity contribution in [3.8, 4) is 0 Å². The van der Waals surface area contributed by atoms with Crippen molar-refractivity contribution in [1.82, 2.24) is 10.3 Å². The van der Waals surface area contributed by atoms with E-state index < -0.39 is 0 Å². The van der Waals surface area contributed by atoms with Crippen molar-refractivity contribution in [2.45, 2.75) is 18.8 Å². The molecule has 2 nitrogen and oxygen atoms in total. The predicted octanol–water partition coefficient (Wildman–Crippen LogP) is 1.69. The zero-order valence-corrected chi connectivity index (χ0v) is 7.46. The third-order valence-electron chi connectivity index (χ3n) is 2.58. The first-order valence-electron chi connectivity index (χ1n) is 4.68. The molecule has 1 aromatic heterocycles. The van der Waals surface area contributed by atoms with Crippen molar-refractivity contribution in [1.29, 1.82) is 0 Å². The maximum Gasteiger partial charge on any atom is 0.129 e. The van der Waals surface area contributed by atoms with Crippen molar-refractivity contribution in [2.75, 3.05) is 13.1 Å². The summed E-state index contributed by atoms with van der Waals surface area (Å²) in [6, 6.07) is 1.44. The van der Waals surface area contributed by atoms with Crippen molar-refractivity contribution in [3.05, 3.63) is 29.8 Å². The molecular weight excluding hydrogens is 167 g/mol. The van der Waals surface area contributed by atoms with Gasteiger partial charge in [0.05, 0.1) is 0 Å². The fourth-order valence-corrected chi connectivity index (χ4v) is 1.82. The Labute approximate surface area is 77.2 Å². The smallest absolute Gasteiger partial charge is 0.129 e. The van der Waals surface area contributed by atoms with Crippen LogP contribution >= 0.6 is 0 Å². The third-order valence-corrected chi connectivity index (χ3v) is 2.58. The first kappa shape index (κ1) is 8.63. The van der Waals surface area contributed by atoms with Gasteiger partial charge < -0.3 is 5.32 Å². The van der Waals surface area contributed by atoms with Crippen LogP contribution in [0.15, 0.2) is 18.5 Å². The van der Waals surface area contributed by atoms with E-state index in [1.807, 2.05) is 0 Å². The van der Waals surface area contributed by atoms with Gasteiger partial charge in [-0.15, -0.1) is 0 Å². The van der Waals surface area contributed by atoms with Crippen LogP contribution in [0.1, 0.15) is 24.3 Å². The Bertz CT molecular complexity index is 282. The van der Waals surface area contributed by atoms with Gasteiger partial charge in [0.25, 0.3) is 0 Å². The number of piperidine rings is 1. The highest BCUT2D eigenvalue weighted by Crippen LogP contribution is 2.26. The Morgan fingerprint density at radius 2 is 2.15 bits per heavy atom. The molecule has 0 amide bonds. The zero-order valence-electron chi connectivity index (χ0n) is 7.46. The number of nitrogens with zero attached hydrogens (tertiary/aromatic N) is 1. The van der Waals surface area contributed by atoms with Gasteiger partial charge in [0.15, 0.2) is 0 Å². The molecule has 1 fully saturated rings. The number of pyridine rings is 1. The van der Waals surface area contributed by atoms with Crippen molar-refractivity contribution < 1.29 is 4.39 Å². The van der Waals surface area contributed by atoms with Crippen LogP contribution in [0.5, 0.6) is 0 Å². The lowest BCUT2D eigenvalue weighted by molar-refractivity contribution is 0.444. The maximum atomic E-state index is 13.3. The molecule has 1 aliphatic heterocycles. The number of rotatable bonds is 1. The summed E-state index contributed by atoms with van der Waals surface area (Å²) in [5, 5.41) is 3.26. The molecule has 0 radical (unpaired) electrons. The first-order chi connectivity index (χ1) is 6.38. The normalized spacial score (nSPS) is 18.8. The summed E-state index contributed by atoms with van der Waals surface area (Å²) < 4.78 is 13.3. The van der Waals surface area contributed by atoms with Gasteiger partial charge >= 0.3 is 0 Å². The fraction of sp³-hybridized carbons (Fsp3) is 0.500. The Hall–Kier alpha value is -0.960. The van der Waals surface area contributed by atoms with Crippen LogP contribution in [0.3, 0.4) is 0 Å². The Morgan fingerprint density at radius 3 is 2.85 bits per heavy atom. The number of hydrogen-bond donors (Lipinski definition) is 1. The second-order valence-corrected chi connectivity index (χ2v) is 3.42. The minimum Gasteiger partial charge on any atom is -0.317 e. The van der Waals surface area contributed by atoms with E-state index in [2.05, 4.69) is 10.3 Å². The molecule has 0 spiro atoms. The van der Waals surface area contributed by atoms with Gasteiger partial charge in [-0.3, -0.25) is 4.98 Å². The van der Waals surface area contributed by atoms with Crippen LogP contribution in [0.4, 0.5) is 4.39 Å². The van der Waals surface area contributed by atoms with Crippen LogP contribution in [0.25, 0.3) is 0 Å². The SMILES string of the molecule is Fc1ccncc1C1CCNCC1. The van der Waals surface area contributed by atoms with Gasteiger partial charge in [-0.25, -0.2) is 4.39 Å². The molecule has 1 N–H and O–H groups in total. The van der Waals surface area contributed by atoms with Crippen LogP contribution < -0.4 is 5.32 Å². The zero-order chi connectivity index (χ0) is 9.10. The maximum absolute atomic E-state index is 13.3. The summed E-state index contributed by atoms with van der Waals surface area (Å²) in [5.74, 6) is 0.247. The first-order valence-corrected chi connectivity index (χ1v) is 4.68. The minimum absolute atomic E-state index is 0.109. The Morgan fingerprint density at radius 1 is 1.38 bits per heavy atom. The van der Waals surface area contributed by atoms with E-state index in [9.17, 15) is 4.39 Å². The van der Waals surface area contributed by atoms with Gasteiger partial charge in [0, 0.05) is 18.0 Å². The average Bonchev–Trinajstić information content (AvgIpc) is 2.20. The van der Waals surface area contributed by atoms with Crippen molar-refractivity contribution in [2.24, 2.45) is 0 Å². The molecule has 0 atom stereocenters. The van der Waals surface area contributed by atoms with Crippen LogP contribution in [0.2, 0.25) is 0 Å². The highest BCUT2D eigenvalue weighted by Gasteiger charge is 2.18. The lowest BCUT2D eigenvalue weighted by Gasteiger charge is -2.22. The van der Waals surface area contributed by atoms with E-state index in [4.69, 9.17) is 0 Å². The number of halogens is 1. The number of hydrogen-bond acceptors (Lipinski definition) is 2. The minimum atomic E-state index is -0.109. The van der Waals surface area contributed by atoms with Gasteiger partial charge in [-0.05, 0) is 37.9 Å². The summed E-state index contributed by atoms with van der Waals surface area (Å²) in [5.41, 5.74) is 0.781. The Kier molecular flexibility index (Phi) is 2.54. The number of nitrogens with one attached hydrogen (secondary N) is 1. The lowest BCUT2D eigenvalue weighted by atomic mass is 9.91. The fourth-order valence-electron chi connectivity index (χ4n) is 1.82. The topological polar surface area (TPSA) is 24.9 Å².